The summed E-state index contributed by atoms with van der Waals surface area (Å²) in [5.41, 5.74) is 1.24. The van der Waals surface area contributed by atoms with Crippen molar-refractivity contribution in [3.05, 3.63) is 47.3 Å². The number of rotatable bonds is 7. The highest BCUT2D eigenvalue weighted by Crippen LogP contribution is 2.24. The lowest BCUT2D eigenvalue weighted by molar-refractivity contribution is 0.523. The Labute approximate surface area is 200 Å². The van der Waals surface area contributed by atoms with Gasteiger partial charge in [-0.1, -0.05) is 18.2 Å². The molecule has 2 heterocycles. The summed E-state index contributed by atoms with van der Waals surface area (Å²) in [7, 11) is -0.305. The number of hydrogen-bond donors (Lipinski definition) is 2. The first-order valence-electron chi connectivity index (χ1n) is 9.76. The first kappa shape index (κ1) is 24.9. The fourth-order valence-corrected chi connectivity index (χ4v) is 5.63. The smallest absolute Gasteiger partial charge is 0.252 e. The number of aliphatic imine (C=N–C) groups is 1. The van der Waals surface area contributed by atoms with E-state index in [1.807, 2.05) is 19.1 Å². The van der Waals surface area contributed by atoms with Gasteiger partial charge in [0.05, 0.1) is 6.54 Å². The Bertz CT molecular complexity index is 932. The fraction of sp³-hybridized carbons (Fsp3) is 0.450. The van der Waals surface area contributed by atoms with E-state index in [1.54, 1.807) is 20.2 Å². The minimum atomic E-state index is -3.39. The van der Waals surface area contributed by atoms with Crippen molar-refractivity contribution in [2.75, 3.05) is 38.6 Å². The molecule has 10 heteroatoms. The van der Waals surface area contributed by atoms with Gasteiger partial charge in [-0.15, -0.1) is 35.3 Å². The molecule has 1 aliphatic heterocycles. The number of anilines is 1. The van der Waals surface area contributed by atoms with E-state index in [-0.39, 0.29) is 24.0 Å². The van der Waals surface area contributed by atoms with Gasteiger partial charge >= 0.3 is 0 Å². The van der Waals surface area contributed by atoms with E-state index in [4.69, 9.17) is 0 Å². The van der Waals surface area contributed by atoms with Gasteiger partial charge in [0.2, 0.25) is 0 Å². The quantitative estimate of drug-likeness (QED) is 0.308. The molecule has 3 rings (SSSR count). The number of halogens is 1. The number of nitrogens with one attached hydrogen (secondary N) is 2. The van der Waals surface area contributed by atoms with Crippen molar-refractivity contribution in [3.63, 3.8) is 0 Å². The van der Waals surface area contributed by atoms with Crippen molar-refractivity contribution in [2.45, 2.75) is 30.1 Å². The minimum Gasteiger partial charge on any atom is -0.369 e. The highest BCUT2D eigenvalue weighted by molar-refractivity contribution is 14.0. The van der Waals surface area contributed by atoms with Crippen LogP contribution in [-0.4, -0.2) is 58.5 Å². The van der Waals surface area contributed by atoms with Crippen molar-refractivity contribution >= 4 is 57.0 Å². The second-order valence-electron chi connectivity index (χ2n) is 7.11. The second kappa shape index (κ2) is 11.3. The van der Waals surface area contributed by atoms with Crippen molar-refractivity contribution in [3.8, 4) is 0 Å². The van der Waals surface area contributed by atoms with Crippen LogP contribution in [0.25, 0.3) is 0 Å². The van der Waals surface area contributed by atoms with E-state index >= 15 is 0 Å². The first-order chi connectivity index (χ1) is 13.9. The van der Waals surface area contributed by atoms with Crippen LogP contribution in [-0.2, 0) is 16.6 Å². The lowest BCUT2D eigenvalue weighted by Gasteiger charge is -2.20. The second-order valence-corrected chi connectivity index (χ2v) is 10.7. The molecule has 166 valence electrons. The molecule has 7 nitrogen and oxygen atoms in total. The zero-order chi connectivity index (χ0) is 20.9. The van der Waals surface area contributed by atoms with Crippen LogP contribution in [0, 0.1) is 0 Å². The van der Waals surface area contributed by atoms with Gasteiger partial charge in [0.1, 0.15) is 4.21 Å². The lowest BCUT2D eigenvalue weighted by Crippen LogP contribution is -2.44. The van der Waals surface area contributed by atoms with Gasteiger partial charge in [0, 0.05) is 50.3 Å². The van der Waals surface area contributed by atoms with E-state index < -0.39 is 10.0 Å². The predicted octanol–water partition coefficient (Wildman–Crippen LogP) is 2.95. The molecule has 1 atom stereocenters. The molecular weight excluding hydrogens is 533 g/mol. The molecule has 0 saturated carbocycles. The van der Waals surface area contributed by atoms with Crippen LogP contribution in [0.3, 0.4) is 0 Å². The number of hydrogen-bond acceptors (Lipinski definition) is 5. The third-order valence-corrected chi connectivity index (χ3v) is 8.11. The summed E-state index contributed by atoms with van der Waals surface area (Å²) in [6.45, 7) is 5.19. The standard InChI is InChI=1S/C20H29N5O2S2.HI/c1-4-21-20(22-14-18-10-11-19(28-18)29(26,27)24(2)3)23-16-12-13-25(15-16)17-8-6-5-7-9-17;/h5-11,16H,4,12-15H2,1-3H3,(H2,21,22,23);1H. The average molecular weight is 564 g/mol. The maximum Gasteiger partial charge on any atom is 0.252 e. The van der Waals surface area contributed by atoms with Crippen LogP contribution in [0.4, 0.5) is 5.69 Å². The van der Waals surface area contributed by atoms with Crippen LogP contribution >= 0.6 is 35.3 Å². The molecule has 30 heavy (non-hydrogen) atoms. The molecular formula is C20H30IN5O2S2. The lowest BCUT2D eigenvalue weighted by atomic mass is 10.3. The molecule has 2 aromatic rings. The van der Waals surface area contributed by atoms with Gasteiger partial charge in [-0.2, -0.15) is 0 Å². The van der Waals surface area contributed by atoms with Crippen LogP contribution in [0.1, 0.15) is 18.2 Å². The monoisotopic (exact) mass is 563 g/mol. The highest BCUT2D eigenvalue weighted by Gasteiger charge is 2.23. The van der Waals surface area contributed by atoms with Gasteiger partial charge in [-0.3, -0.25) is 0 Å². The zero-order valence-electron chi connectivity index (χ0n) is 17.5. The van der Waals surface area contributed by atoms with Crippen molar-refractivity contribution in [2.24, 2.45) is 4.99 Å². The van der Waals surface area contributed by atoms with Gasteiger partial charge in [-0.05, 0) is 37.6 Å². The topological polar surface area (TPSA) is 77.0 Å². The summed E-state index contributed by atoms with van der Waals surface area (Å²) in [4.78, 5) is 7.95. The normalized spacial score (nSPS) is 17.1. The number of nitrogens with zero attached hydrogens (tertiary/aromatic N) is 3. The molecule has 0 spiro atoms. The summed E-state index contributed by atoms with van der Waals surface area (Å²) in [6.07, 6.45) is 1.05. The maximum atomic E-state index is 12.2. The number of guanidine groups is 1. The van der Waals surface area contributed by atoms with Gasteiger partial charge in [0.15, 0.2) is 5.96 Å². The van der Waals surface area contributed by atoms with Crippen LogP contribution < -0.4 is 15.5 Å². The number of benzene rings is 1. The minimum absolute atomic E-state index is 0. The van der Waals surface area contributed by atoms with E-state index in [0.29, 0.717) is 16.8 Å². The maximum absolute atomic E-state index is 12.2. The Morgan fingerprint density at radius 1 is 1.23 bits per heavy atom. The molecule has 0 radical (unpaired) electrons. The largest absolute Gasteiger partial charge is 0.369 e. The van der Waals surface area contributed by atoms with Crippen LogP contribution in [0.5, 0.6) is 0 Å². The Kier molecular flexibility index (Phi) is 9.38. The van der Waals surface area contributed by atoms with E-state index in [9.17, 15) is 8.42 Å². The molecule has 1 unspecified atom stereocenters. The number of thiophene rings is 1. The highest BCUT2D eigenvalue weighted by atomic mass is 127. The third-order valence-electron chi connectivity index (χ3n) is 4.76. The molecule has 1 saturated heterocycles. The molecule has 0 amide bonds. The summed E-state index contributed by atoms with van der Waals surface area (Å²) in [6, 6.07) is 14.2. The Morgan fingerprint density at radius 3 is 2.63 bits per heavy atom. The van der Waals surface area contributed by atoms with Gasteiger partial charge in [-0.25, -0.2) is 17.7 Å². The molecule has 1 aliphatic rings. The molecule has 0 bridgehead atoms. The SMILES string of the molecule is CCNC(=NCc1ccc(S(=O)(=O)N(C)C)s1)NC1CCN(c2ccccc2)C1.I. The molecule has 1 fully saturated rings. The zero-order valence-corrected chi connectivity index (χ0v) is 21.5. The predicted molar refractivity (Wildman–Crippen MR) is 136 cm³/mol. The van der Waals surface area contributed by atoms with Crippen LogP contribution in [0.2, 0.25) is 0 Å². The number of sulfonamides is 1. The van der Waals surface area contributed by atoms with Crippen LogP contribution in [0.15, 0.2) is 51.7 Å². The molecule has 1 aromatic heterocycles. The Balaban J connectivity index is 0.00000320. The van der Waals surface area contributed by atoms with Crippen molar-refractivity contribution < 1.29 is 8.42 Å². The first-order valence-corrected chi connectivity index (χ1v) is 12.0. The summed E-state index contributed by atoms with van der Waals surface area (Å²) >= 11 is 1.27. The van der Waals surface area contributed by atoms with Crippen molar-refractivity contribution in [1.29, 1.82) is 0 Å². The van der Waals surface area contributed by atoms with Gasteiger partial charge < -0.3 is 15.5 Å². The Hall–Kier alpha value is -1.37. The number of para-hydroxylation sites is 1. The van der Waals surface area contributed by atoms with Crippen molar-refractivity contribution in [1.82, 2.24) is 14.9 Å². The summed E-state index contributed by atoms with van der Waals surface area (Å²) < 4.78 is 26.0. The molecule has 0 aliphatic carbocycles. The van der Waals surface area contributed by atoms with E-state index in [0.717, 1.165) is 36.9 Å². The molecule has 2 N–H and O–H groups in total. The van der Waals surface area contributed by atoms with E-state index in [2.05, 4.69) is 44.8 Å². The summed E-state index contributed by atoms with van der Waals surface area (Å²) in [5.74, 6) is 0.762. The molecule has 1 aromatic carbocycles. The van der Waals surface area contributed by atoms with Gasteiger partial charge in [0.25, 0.3) is 10.0 Å². The average Bonchev–Trinajstić information content (AvgIpc) is 3.37. The fourth-order valence-electron chi connectivity index (χ4n) is 3.18. The Morgan fingerprint density at radius 2 is 1.97 bits per heavy atom. The third kappa shape index (κ3) is 6.32. The van der Waals surface area contributed by atoms with E-state index in [1.165, 1.54) is 21.3 Å². The summed E-state index contributed by atoms with van der Waals surface area (Å²) in [5, 5.41) is 6.81.